The van der Waals surface area contributed by atoms with E-state index in [0.717, 1.165) is 18.7 Å². The minimum absolute atomic E-state index is 0.692. The lowest BCUT2D eigenvalue weighted by Gasteiger charge is -2.17. The summed E-state index contributed by atoms with van der Waals surface area (Å²) >= 11 is 0. The molecular formula is C26H30N2O4. The van der Waals surface area contributed by atoms with Gasteiger partial charge < -0.3 is 14.8 Å². The fourth-order valence-electron chi connectivity index (χ4n) is 3.35. The first-order chi connectivity index (χ1) is 15.4. The van der Waals surface area contributed by atoms with E-state index in [4.69, 9.17) is 20.1 Å². The van der Waals surface area contributed by atoms with Crippen LogP contribution in [0.15, 0.2) is 84.9 Å². The average Bonchev–Trinajstić information content (AvgIpc) is 2.78. The summed E-state index contributed by atoms with van der Waals surface area (Å²) in [6.07, 6.45) is 0.968. The second-order valence-electron chi connectivity index (χ2n) is 7.35. The number of likely N-dealkylation sites (N-methyl/N-ethyl adjacent to an activating group) is 1. The van der Waals surface area contributed by atoms with E-state index >= 15 is 0 Å². The van der Waals surface area contributed by atoms with Gasteiger partial charge in [0.25, 0.3) is 5.09 Å². The molecule has 3 aromatic rings. The van der Waals surface area contributed by atoms with Crippen LogP contribution in [0, 0.1) is 10.1 Å². The van der Waals surface area contributed by atoms with E-state index < -0.39 is 5.09 Å². The summed E-state index contributed by atoms with van der Waals surface area (Å²) in [6, 6.07) is 29.8. The zero-order valence-electron chi connectivity index (χ0n) is 18.8. The molecule has 0 atom stereocenters. The number of benzene rings is 3. The Bertz CT molecular complexity index is 981. The number of ether oxygens (including phenoxy) is 1. The zero-order chi connectivity index (χ0) is 23.3. The van der Waals surface area contributed by atoms with Gasteiger partial charge in [-0.25, -0.2) is 0 Å². The highest BCUT2D eigenvalue weighted by Crippen LogP contribution is 2.34. The summed E-state index contributed by atoms with van der Waals surface area (Å²) in [5.41, 5.74) is 6.37. The first-order valence-corrected chi connectivity index (χ1v) is 10.5. The number of rotatable bonds is 8. The van der Waals surface area contributed by atoms with E-state index in [2.05, 4.69) is 111 Å². The predicted molar refractivity (Wildman–Crippen MR) is 128 cm³/mol. The van der Waals surface area contributed by atoms with Crippen LogP contribution >= 0.6 is 0 Å². The number of allylic oxidation sites excluding steroid dienone is 1. The normalized spacial score (nSPS) is 11.2. The van der Waals surface area contributed by atoms with Crippen molar-refractivity contribution in [1.29, 1.82) is 0 Å². The molecular weight excluding hydrogens is 404 g/mol. The molecule has 0 heterocycles. The van der Waals surface area contributed by atoms with Crippen LogP contribution in [0.4, 0.5) is 0 Å². The van der Waals surface area contributed by atoms with Gasteiger partial charge in [-0.05, 0) is 60.5 Å². The van der Waals surface area contributed by atoms with Crippen molar-refractivity contribution < 1.29 is 15.0 Å². The van der Waals surface area contributed by atoms with E-state index in [1.807, 2.05) is 0 Å². The minimum Gasteiger partial charge on any atom is -0.492 e. The zero-order valence-corrected chi connectivity index (χ0v) is 18.8. The van der Waals surface area contributed by atoms with Crippen LogP contribution in [0.1, 0.15) is 30.0 Å². The monoisotopic (exact) mass is 434 g/mol. The Hall–Kier alpha value is -3.64. The van der Waals surface area contributed by atoms with Gasteiger partial charge in [-0.1, -0.05) is 79.7 Å². The summed E-state index contributed by atoms with van der Waals surface area (Å²) in [6.45, 7) is 3.83. The van der Waals surface area contributed by atoms with Gasteiger partial charge in [-0.15, -0.1) is 10.1 Å². The van der Waals surface area contributed by atoms with Gasteiger partial charge in [0.15, 0.2) is 0 Å². The molecule has 0 unspecified atom stereocenters. The van der Waals surface area contributed by atoms with Crippen LogP contribution in [-0.2, 0) is 0 Å². The van der Waals surface area contributed by atoms with Gasteiger partial charge >= 0.3 is 0 Å². The summed E-state index contributed by atoms with van der Waals surface area (Å²) in [5.74, 6) is 0.913. The predicted octanol–water partition coefficient (Wildman–Crippen LogP) is 5.65. The second-order valence-corrected chi connectivity index (χ2v) is 7.35. The minimum atomic E-state index is -1.50. The van der Waals surface area contributed by atoms with Crippen molar-refractivity contribution in [3.05, 3.63) is 112 Å². The molecule has 6 heteroatoms. The Morgan fingerprint density at radius 3 is 1.81 bits per heavy atom. The topological polar surface area (TPSA) is 75.8 Å². The fourth-order valence-corrected chi connectivity index (χ4v) is 3.35. The lowest BCUT2D eigenvalue weighted by Crippen LogP contribution is -2.19. The molecule has 3 rings (SSSR count). The molecule has 0 radical (unpaired) electrons. The molecule has 0 aromatic heterocycles. The molecule has 3 aromatic carbocycles. The van der Waals surface area contributed by atoms with Crippen molar-refractivity contribution in [1.82, 2.24) is 4.90 Å². The van der Waals surface area contributed by atoms with Crippen molar-refractivity contribution in [3.8, 4) is 5.75 Å². The molecule has 6 nitrogen and oxygen atoms in total. The highest BCUT2D eigenvalue weighted by atomic mass is 16.9. The van der Waals surface area contributed by atoms with Crippen LogP contribution in [-0.4, -0.2) is 42.4 Å². The maximum atomic E-state index is 8.36. The van der Waals surface area contributed by atoms with E-state index in [1.54, 1.807) is 0 Å². The Kier molecular flexibility index (Phi) is 9.94. The maximum absolute atomic E-state index is 8.36. The van der Waals surface area contributed by atoms with Crippen LogP contribution in [0.25, 0.3) is 11.1 Å². The third-order valence-electron chi connectivity index (χ3n) is 4.79. The summed E-state index contributed by atoms with van der Waals surface area (Å²) in [7, 11) is 4.11. The van der Waals surface area contributed by atoms with Gasteiger partial charge in [0.2, 0.25) is 0 Å². The van der Waals surface area contributed by atoms with E-state index in [0.29, 0.717) is 6.61 Å². The van der Waals surface area contributed by atoms with Gasteiger partial charge in [0.05, 0.1) is 0 Å². The van der Waals surface area contributed by atoms with Crippen molar-refractivity contribution in [2.24, 2.45) is 0 Å². The Morgan fingerprint density at radius 1 is 0.875 bits per heavy atom. The fraction of sp³-hybridized carbons (Fsp3) is 0.231. The number of hydrogen-bond acceptors (Lipinski definition) is 4. The molecule has 168 valence electrons. The number of hydrogen-bond donors (Lipinski definition) is 1. The Labute approximate surface area is 189 Å². The number of nitrogens with zero attached hydrogens (tertiary/aromatic N) is 2. The van der Waals surface area contributed by atoms with E-state index in [1.165, 1.54) is 27.8 Å². The molecule has 0 fully saturated rings. The molecule has 0 aliphatic carbocycles. The summed E-state index contributed by atoms with van der Waals surface area (Å²) in [5, 5.41) is 13.6. The third-order valence-corrected chi connectivity index (χ3v) is 4.79. The van der Waals surface area contributed by atoms with Crippen LogP contribution in [0.5, 0.6) is 5.75 Å². The maximum Gasteiger partial charge on any atom is 0.291 e. The summed E-state index contributed by atoms with van der Waals surface area (Å²) < 4.78 is 5.87. The van der Waals surface area contributed by atoms with Gasteiger partial charge in [-0.2, -0.15) is 0 Å². The largest absolute Gasteiger partial charge is 0.492 e. The molecule has 32 heavy (non-hydrogen) atoms. The second kappa shape index (κ2) is 12.9. The van der Waals surface area contributed by atoms with E-state index in [-0.39, 0.29) is 0 Å². The summed E-state index contributed by atoms with van der Waals surface area (Å²) in [4.78, 5) is 10.5. The highest BCUT2D eigenvalue weighted by Gasteiger charge is 2.13. The highest BCUT2D eigenvalue weighted by molar-refractivity contribution is 5.98. The Morgan fingerprint density at radius 2 is 1.34 bits per heavy atom. The lowest BCUT2D eigenvalue weighted by atomic mass is 9.88. The Balaban J connectivity index is 0.000000837. The molecule has 0 bridgehead atoms. The lowest BCUT2D eigenvalue weighted by molar-refractivity contribution is -0.742. The molecule has 0 spiro atoms. The standard InChI is InChI=1S/C26H29NO.HNO3/c1-4-25(21-11-7-5-8-12-21)26(22-13-9-6-10-14-22)23-15-17-24(18-16-23)28-20-19-27(2)3;2-1(3)4/h5-18H,4,19-20H2,1-3H3;(H,2,3,4). The van der Waals surface area contributed by atoms with E-state index in [9.17, 15) is 0 Å². The smallest absolute Gasteiger partial charge is 0.291 e. The van der Waals surface area contributed by atoms with Crippen molar-refractivity contribution in [2.45, 2.75) is 13.3 Å². The van der Waals surface area contributed by atoms with Crippen molar-refractivity contribution in [2.75, 3.05) is 27.2 Å². The van der Waals surface area contributed by atoms with Crippen LogP contribution < -0.4 is 4.74 Å². The van der Waals surface area contributed by atoms with Gasteiger partial charge in [0.1, 0.15) is 12.4 Å². The molecule has 1 N–H and O–H groups in total. The molecule has 0 saturated heterocycles. The molecule has 0 saturated carbocycles. The SMILES string of the molecule is CCC(=C(c1ccccc1)c1ccc(OCCN(C)C)cc1)c1ccccc1.O=[N+]([O-])O. The van der Waals surface area contributed by atoms with Crippen LogP contribution in [0.3, 0.4) is 0 Å². The average molecular weight is 435 g/mol. The first kappa shape index (κ1) is 24.6. The van der Waals surface area contributed by atoms with Crippen molar-refractivity contribution in [3.63, 3.8) is 0 Å². The first-order valence-electron chi connectivity index (χ1n) is 10.5. The van der Waals surface area contributed by atoms with Gasteiger partial charge in [-0.3, -0.25) is 0 Å². The van der Waals surface area contributed by atoms with Crippen LogP contribution in [0.2, 0.25) is 0 Å². The van der Waals surface area contributed by atoms with Crippen molar-refractivity contribution >= 4 is 11.1 Å². The quantitative estimate of drug-likeness (QED) is 0.282. The third kappa shape index (κ3) is 7.89. The van der Waals surface area contributed by atoms with Gasteiger partial charge in [0, 0.05) is 6.54 Å². The molecule has 0 aliphatic heterocycles. The molecule has 0 aliphatic rings. The molecule has 0 amide bonds.